The van der Waals surface area contributed by atoms with Gasteiger partial charge in [-0.2, -0.15) is 0 Å². The molecular weight excluding hydrogens is 337 g/mol. The minimum atomic E-state index is -2.64. The fourth-order valence-electron chi connectivity index (χ4n) is 3.49. The number of rotatable bonds is 10. The van der Waals surface area contributed by atoms with Crippen LogP contribution in [0.4, 0.5) is 0 Å². The average molecular weight is 367 g/mol. The van der Waals surface area contributed by atoms with Gasteiger partial charge in [0.2, 0.25) is 0 Å². The van der Waals surface area contributed by atoms with Crippen molar-refractivity contribution in [3.8, 4) is 11.5 Å². The van der Waals surface area contributed by atoms with Crippen LogP contribution in [0.3, 0.4) is 0 Å². The van der Waals surface area contributed by atoms with Crippen LogP contribution < -0.4 is 9.47 Å². The van der Waals surface area contributed by atoms with Gasteiger partial charge >= 0.3 is 137 Å². The molecule has 0 fully saturated rings. The van der Waals surface area contributed by atoms with Crippen LogP contribution in [0.2, 0.25) is 15.8 Å². The van der Waals surface area contributed by atoms with Gasteiger partial charge in [-0.25, -0.2) is 0 Å². The van der Waals surface area contributed by atoms with E-state index in [4.69, 9.17) is 9.47 Å². The molecule has 0 amide bonds. The maximum absolute atomic E-state index is 13.5. The minimum absolute atomic E-state index is 0.361. The zero-order chi connectivity index (χ0) is 16.6. The quantitative estimate of drug-likeness (QED) is 0.540. The number of carbonyl (C=O) groups is 1. The van der Waals surface area contributed by atoms with Crippen molar-refractivity contribution in [1.82, 2.24) is 0 Å². The molecule has 0 aliphatic carbocycles. The summed E-state index contributed by atoms with van der Waals surface area (Å²) in [4.78, 5) is 13.5. The van der Waals surface area contributed by atoms with Crippen LogP contribution in [0.1, 0.15) is 50.4 Å². The van der Waals surface area contributed by atoms with Gasteiger partial charge in [0.05, 0.1) is 0 Å². The van der Waals surface area contributed by atoms with E-state index < -0.39 is 13.3 Å². The number of hydrogen-bond acceptors (Lipinski definition) is 3. The molecule has 0 N–H and O–H groups in total. The molecule has 0 atom stereocenters. The van der Waals surface area contributed by atoms with Gasteiger partial charge in [-0.1, -0.05) is 0 Å². The first kappa shape index (κ1) is 19.1. The van der Waals surface area contributed by atoms with Crippen molar-refractivity contribution in [3.05, 3.63) is 23.8 Å². The van der Waals surface area contributed by atoms with E-state index in [1.54, 1.807) is 14.2 Å². The number of carbonyl (C=O) groups excluding carboxylic acids is 1. The summed E-state index contributed by atoms with van der Waals surface area (Å²) in [6.07, 6.45) is 3.26. The third-order valence-electron chi connectivity index (χ3n) is 4.32. The van der Waals surface area contributed by atoms with Crippen molar-refractivity contribution in [1.29, 1.82) is 0 Å². The average Bonchev–Trinajstić information content (AvgIpc) is 2.53. The Morgan fingerprint density at radius 2 is 1.32 bits per heavy atom. The molecule has 22 heavy (non-hydrogen) atoms. The molecule has 0 saturated heterocycles. The third kappa shape index (κ3) is 4.06. The first-order chi connectivity index (χ1) is 10.6. The van der Waals surface area contributed by atoms with Crippen LogP contribution in [-0.4, -0.2) is 32.1 Å². The van der Waals surface area contributed by atoms with Gasteiger partial charge in [-0.15, -0.1) is 0 Å². The number of benzene rings is 1. The van der Waals surface area contributed by atoms with Crippen LogP contribution in [0.5, 0.6) is 11.5 Å². The Morgan fingerprint density at radius 3 is 1.64 bits per heavy atom. The van der Waals surface area contributed by atoms with Gasteiger partial charge in [-0.05, 0) is 0 Å². The monoisotopic (exact) mass is 368 g/mol. The molecule has 1 aromatic carbocycles. The van der Waals surface area contributed by atoms with Crippen LogP contribution in [0.25, 0.3) is 0 Å². The van der Waals surface area contributed by atoms with E-state index in [2.05, 4.69) is 20.8 Å². The van der Waals surface area contributed by atoms with Crippen molar-refractivity contribution in [3.63, 3.8) is 0 Å². The van der Waals surface area contributed by atoms with E-state index in [0.29, 0.717) is 21.7 Å². The molecule has 4 heteroatoms. The summed E-state index contributed by atoms with van der Waals surface area (Å²) < 4.78 is 11.3. The third-order valence-corrected chi connectivity index (χ3v) is 16.0. The van der Waals surface area contributed by atoms with Crippen LogP contribution in [-0.2, 0) is 0 Å². The predicted octanol–water partition coefficient (Wildman–Crippen LogP) is 5.10. The Hall–Kier alpha value is -0.967. The standard InChI is InChI=1S/C18H30GeO3/c1-6-12-19(13-7-2,14-8-3)18(20)17-15(21-4)10-9-11-16(17)22-5/h9-11H,6-8,12-14H2,1-5H3. The Labute approximate surface area is 137 Å². The molecule has 0 radical (unpaired) electrons. The molecule has 1 rings (SSSR count). The maximum atomic E-state index is 13.5. The second kappa shape index (κ2) is 9.23. The second-order valence-corrected chi connectivity index (χ2v) is 15.4. The fourth-order valence-corrected chi connectivity index (χ4v) is 14.1. The van der Waals surface area contributed by atoms with E-state index in [9.17, 15) is 4.79 Å². The molecule has 0 aromatic heterocycles. The zero-order valence-electron chi connectivity index (χ0n) is 14.7. The molecule has 0 heterocycles. The first-order valence-corrected chi connectivity index (χ1v) is 13.9. The summed E-state index contributed by atoms with van der Waals surface area (Å²) in [7, 11) is 3.25. The zero-order valence-corrected chi connectivity index (χ0v) is 16.8. The number of methoxy groups -OCH3 is 2. The molecular formula is C18H30GeO3. The molecule has 0 aliphatic heterocycles. The summed E-state index contributed by atoms with van der Waals surface area (Å²) in [6.45, 7) is 6.58. The van der Waals surface area contributed by atoms with E-state index in [-0.39, 0.29) is 0 Å². The summed E-state index contributed by atoms with van der Waals surface area (Å²) in [5.74, 6) is 1.31. The molecule has 124 valence electrons. The SMILES string of the molecule is CC[CH2][Ge]([CH2]CC)([CH2]CC)[C](=O)c1c(OC)cccc1OC. The van der Waals surface area contributed by atoms with Crippen LogP contribution >= 0.6 is 0 Å². The van der Waals surface area contributed by atoms with Gasteiger partial charge < -0.3 is 0 Å². The van der Waals surface area contributed by atoms with Crippen LogP contribution in [0, 0.1) is 0 Å². The number of ether oxygens (including phenoxy) is 2. The molecule has 3 nitrogen and oxygen atoms in total. The van der Waals surface area contributed by atoms with Gasteiger partial charge in [0.15, 0.2) is 0 Å². The van der Waals surface area contributed by atoms with E-state index in [1.165, 1.54) is 0 Å². The molecule has 0 aliphatic rings. The normalized spacial score (nSPS) is 11.3. The van der Waals surface area contributed by atoms with E-state index >= 15 is 0 Å². The fraction of sp³-hybridized carbons (Fsp3) is 0.611. The Kier molecular flexibility index (Phi) is 8.01. The molecule has 1 aromatic rings. The molecule has 0 unspecified atom stereocenters. The van der Waals surface area contributed by atoms with Crippen molar-refractivity contribution in [2.24, 2.45) is 0 Å². The summed E-state index contributed by atoms with van der Waals surface area (Å²) in [6, 6.07) is 5.61. The van der Waals surface area contributed by atoms with Crippen molar-refractivity contribution in [2.75, 3.05) is 14.2 Å². The first-order valence-electron chi connectivity index (χ1n) is 8.35. The second-order valence-electron chi connectivity index (χ2n) is 5.90. The molecule has 0 spiro atoms. The topological polar surface area (TPSA) is 35.5 Å². The summed E-state index contributed by atoms with van der Waals surface area (Å²) in [5.41, 5.74) is 0.683. The van der Waals surface area contributed by atoms with Gasteiger partial charge in [0.25, 0.3) is 0 Å². The number of hydrogen-bond donors (Lipinski definition) is 0. The summed E-state index contributed by atoms with van der Waals surface area (Å²) >= 11 is -2.64. The molecule has 0 saturated carbocycles. The Morgan fingerprint density at radius 1 is 0.909 bits per heavy atom. The van der Waals surface area contributed by atoms with E-state index in [0.717, 1.165) is 35.0 Å². The van der Waals surface area contributed by atoms with Crippen molar-refractivity contribution in [2.45, 2.75) is 55.8 Å². The van der Waals surface area contributed by atoms with E-state index in [1.807, 2.05) is 18.2 Å². The Bertz CT molecular complexity index is 446. The van der Waals surface area contributed by atoms with Crippen molar-refractivity contribution < 1.29 is 14.3 Å². The van der Waals surface area contributed by atoms with Crippen LogP contribution in [0.15, 0.2) is 18.2 Å². The van der Waals surface area contributed by atoms with Gasteiger partial charge in [0.1, 0.15) is 0 Å². The predicted molar refractivity (Wildman–Crippen MR) is 94.9 cm³/mol. The Balaban J connectivity index is 3.40. The summed E-state index contributed by atoms with van der Waals surface area (Å²) in [5, 5.41) is 3.30. The van der Waals surface area contributed by atoms with Crippen molar-refractivity contribution >= 4 is 17.9 Å². The molecule has 0 bridgehead atoms. The van der Waals surface area contributed by atoms with Gasteiger partial charge in [-0.3, -0.25) is 0 Å². The van der Waals surface area contributed by atoms with Gasteiger partial charge in [0, 0.05) is 0 Å².